The Hall–Kier alpha value is -3.91. The number of aryl methyl sites for hydroxylation is 1. The van der Waals surface area contributed by atoms with E-state index in [1.807, 2.05) is 64.8 Å². The average molecular weight is 613 g/mol. The lowest BCUT2D eigenvalue weighted by Gasteiger charge is -2.42. The Morgan fingerprint density at radius 2 is 1.56 bits per heavy atom. The first-order chi connectivity index (χ1) is 21.3. The molecule has 2 atom stereocenters. The molecule has 0 spiro atoms. The summed E-state index contributed by atoms with van der Waals surface area (Å²) in [7, 11) is 0. The lowest BCUT2D eigenvalue weighted by molar-refractivity contribution is 0.00398. The van der Waals surface area contributed by atoms with Crippen molar-refractivity contribution in [1.82, 2.24) is 20.1 Å². The average Bonchev–Trinajstić information content (AvgIpc) is 2.98. The van der Waals surface area contributed by atoms with Crippen LogP contribution in [0.5, 0.6) is 0 Å². The zero-order chi connectivity index (χ0) is 32.2. The van der Waals surface area contributed by atoms with Crippen LogP contribution < -0.4 is 5.32 Å². The molecule has 0 unspecified atom stereocenters. The second kappa shape index (κ2) is 13.6. The highest BCUT2D eigenvalue weighted by molar-refractivity contribution is 5.69. The summed E-state index contributed by atoms with van der Waals surface area (Å²) in [6.07, 6.45) is 5.11. The van der Waals surface area contributed by atoms with E-state index in [-0.39, 0.29) is 18.2 Å². The van der Waals surface area contributed by atoms with Crippen molar-refractivity contribution < 1.29 is 19.1 Å². The van der Waals surface area contributed by atoms with Gasteiger partial charge in [0.1, 0.15) is 11.2 Å². The molecule has 0 bridgehead atoms. The van der Waals surface area contributed by atoms with Crippen molar-refractivity contribution >= 4 is 12.2 Å². The topological polar surface area (TPSA) is 84.0 Å². The molecule has 8 nitrogen and oxygen atoms in total. The van der Waals surface area contributed by atoms with Gasteiger partial charge < -0.3 is 14.8 Å². The van der Waals surface area contributed by atoms with Gasteiger partial charge in [0.15, 0.2) is 0 Å². The van der Waals surface area contributed by atoms with Gasteiger partial charge in [0, 0.05) is 32.4 Å². The summed E-state index contributed by atoms with van der Waals surface area (Å²) in [6, 6.07) is 21.1. The Bertz CT molecular complexity index is 1470. The molecular formula is C37H48N4O4. The quantitative estimate of drug-likeness (QED) is 0.300. The number of carbonyl (C=O) groups is 2. The van der Waals surface area contributed by atoms with Gasteiger partial charge in [-0.05, 0) is 101 Å². The first kappa shape index (κ1) is 32.5. The maximum atomic E-state index is 13.6. The molecule has 240 valence electrons. The highest BCUT2D eigenvalue weighted by atomic mass is 16.6. The van der Waals surface area contributed by atoms with Gasteiger partial charge in [0.25, 0.3) is 0 Å². The first-order valence-corrected chi connectivity index (χ1v) is 16.1. The van der Waals surface area contributed by atoms with Crippen LogP contribution in [0.1, 0.15) is 93.9 Å². The van der Waals surface area contributed by atoms with Gasteiger partial charge >= 0.3 is 12.2 Å². The third kappa shape index (κ3) is 8.85. The van der Waals surface area contributed by atoms with Crippen LogP contribution in [-0.2, 0) is 41.9 Å². The Balaban J connectivity index is 1.39. The number of nitrogens with one attached hydrogen (secondary N) is 1. The van der Waals surface area contributed by atoms with Crippen LogP contribution >= 0.6 is 0 Å². The largest absolute Gasteiger partial charge is 0.444 e. The highest BCUT2D eigenvalue weighted by Crippen LogP contribution is 2.35. The lowest BCUT2D eigenvalue weighted by atomic mass is 9.89. The second-order valence-corrected chi connectivity index (χ2v) is 14.3. The minimum Gasteiger partial charge on any atom is -0.444 e. The number of hydrogen-bond donors (Lipinski definition) is 1. The van der Waals surface area contributed by atoms with Gasteiger partial charge in [0.2, 0.25) is 0 Å². The van der Waals surface area contributed by atoms with Crippen molar-refractivity contribution in [2.24, 2.45) is 0 Å². The van der Waals surface area contributed by atoms with Crippen LogP contribution in [0.15, 0.2) is 66.9 Å². The fourth-order valence-corrected chi connectivity index (χ4v) is 6.28. The molecule has 1 aliphatic heterocycles. The van der Waals surface area contributed by atoms with Crippen LogP contribution in [0.2, 0.25) is 0 Å². The smallest absolute Gasteiger partial charge is 0.410 e. The molecule has 0 radical (unpaired) electrons. The minimum absolute atomic E-state index is 0.0545. The van der Waals surface area contributed by atoms with Gasteiger partial charge in [-0.3, -0.25) is 14.8 Å². The molecule has 0 saturated carbocycles. The zero-order valence-electron chi connectivity index (χ0n) is 27.6. The van der Waals surface area contributed by atoms with Crippen molar-refractivity contribution in [2.75, 3.05) is 6.54 Å². The number of aromatic nitrogens is 1. The SMILES string of the molecule is CC(C)(C)OC(=O)NCc1ccc(CN(C[C@H]2Cc3ccccc3CN2C(=O)OC(C)(C)C)[C@H]2CCCc3cccnc32)cc1. The minimum atomic E-state index is -0.579. The van der Waals surface area contributed by atoms with Gasteiger partial charge in [-0.15, -0.1) is 0 Å². The zero-order valence-corrected chi connectivity index (χ0v) is 27.6. The Kier molecular flexibility index (Phi) is 9.82. The summed E-state index contributed by atoms with van der Waals surface area (Å²) in [5.74, 6) is 0. The molecule has 0 fully saturated rings. The van der Waals surface area contributed by atoms with E-state index in [0.29, 0.717) is 26.2 Å². The third-order valence-corrected chi connectivity index (χ3v) is 8.28. The van der Waals surface area contributed by atoms with Gasteiger partial charge in [-0.2, -0.15) is 0 Å². The molecular weight excluding hydrogens is 564 g/mol. The van der Waals surface area contributed by atoms with E-state index < -0.39 is 17.3 Å². The van der Waals surface area contributed by atoms with Crippen molar-refractivity contribution in [3.05, 3.63) is 100 Å². The first-order valence-electron chi connectivity index (χ1n) is 16.1. The van der Waals surface area contributed by atoms with Gasteiger partial charge in [-0.1, -0.05) is 54.6 Å². The number of ether oxygens (including phenoxy) is 2. The van der Waals surface area contributed by atoms with E-state index in [1.54, 1.807) is 0 Å². The molecule has 5 rings (SSSR count). The Morgan fingerprint density at radius 1 is 0.889 bits per heavy atom. The summed E-state index contributed by atoms with van der Waals surface area (Å²) in [6.45, 7) is 13.6. The number of fused-ring (bicyclic) bond motifs is 2. The number of rotatable bonds is 7. The maximum Gasteiger partial charge on any atom is 0.410 e. The van der Waals surface area contributed by atoms with E-state index in [1.165, 1.54) is 22.3 Å². The van der Waals surface area contributed by atoms with Gasteiger partial charge in [0.05, 0.1) is 17.8 Å². The molecule has 1 aromatic heterocycles. The molecule has 1 aliphatic carbocycles. The molecule has 2 aliphatic rings. The van der Waals surface area contributed by atoms with E-state index in [4.69, 9.17) is 14.5 Å². The summed E-state index contributed by atoms with van der Waals surface area (Å²) >= 11 is 0. The summed E-state index contributed by atoms with van der Waals surface area (Å²) < 4.78 is 11.3. The number of carbonyl (C=O) groups excluding carboxylic acids is 2. The van der Waals surface area contributed by atoms with E-state index in [2.05, 4.69) is 58.7 Å². The number of hydrogen-bond acceptors (Lipinski definition) is 6. The number of alkyl carbamates (subject to hydrolysis) is 1. The number of pyridine rings is 1. The molecule has 8 heteroatoms. The van der Waals surface area contributed by atoms with Crippen LogP contribution in [0.4, 0.5) is 9.59 Å². The fourth-order valence-electron chi connectivity index (χ4n) is 6.28. The fraction of sp³-hybridized carbons (Fsp3) is 0.486. The monoisotopic (exact) mass is 612 g/mol. The Labute approximate surface area is 268 Å². The van der Waals surface area contributed by atoms with Crippen molar-refractivity contribution in [1.29, 1.82) is 0 Å². The summed E-state index contributed by atoms with van der Waals surface area (Å²) in [4.78, 5) is 35.1. The molecule has 2 amide bonds. The third-order valence-electron chi connectivity index (χ3n) is 8.28. The molecule has 45 heavy (non-hydrogen) atoms. The van der Waals surface area contributed by atoms with Crippen LogP contribution in [0.25, 0.3) is 0 Å². The second-order valence-electron chi connectivity index (χ2n) is 14.3. The maximum absolute atomic E-state index is 13.6. The van der Waals surface area contributed by atoms with E-state index >= 15 is 0 Å². The highest BCUT2D eigenvalue weighted by Gasteiger charge is 2.36. The van der Waals surface area contributed by atoms with Gasteiger partial charge in [-0.25, -0.2) is 9.59 Å². The molecule has 2 aromatic carbocycles. The number of amides is 2. The predicted molar refractivity (Wildman–Crippen MR) is 176 cm³/mol. The van der Waals surface area contributed by atoms with E-state index in [9.17, 15) is 9.59 Å². The summed E-state index contributed by atoms with van der Waals surface area (Å²) in [5.41, 5.74) is 5.95. The van der Waals surface area contributed by atoms with E-state index in [0.717, 1.165) is 36.9 Å². The molecule has 2 heterocycles. The molecule has 0 saturated heterocycles. The van der Waals surface area contributed by atoms with Crippen LogP contribution in [0.3, 0.4) is 0 Å². The predicted octanol–water partition coefficient (Wildman–Crippen LogP) is 7.35. The molecule has 3 aromatic rings. The standard InChI is InChI=1S/C37H48N4O4/c1-36(2,3)44-34(42)39-22-26-16-18-27(19-17-26)23-40(32-15-9-13-28-14-10-20-38-33(28)32)25-31-21-29-11-7-8-12-30(29)24-41(31)35(43)45-37(4,5)6/h7-8,10-12,14,16-20,31-32H,9,13,15,21-25H2,1-6H3,(H,39,42)/t31-,32+/m1/s1. The van der Waals surface area contributed by atoms with Crippen molar-refractivity contribution in [3.63, 3.8) is 0 Å². The normalized spacial score (nSPS) is 18.2. The van der Waals surface area contributed by atoms with Crippen LogP contribution in [0, 0.1) is 0 Å². The lowest BCUT2D eigenvalue weighted by Crippen LogP contribution is -2.52. The van der Waals surface area contributed by atoms with Crippen molar-refractivity contribution in [3.8, 4) is 0 Å². The molecule has 1 N–H and O–H groups in total. The van der Waals surface area contributed by atoms with Crippen LogP contribution in [-0.4, -0.2) is 50.8 Å². The number of benzene rings is 2. The Morgan fingerprint density at radius 3 is 2.27 bits per heavy atom. The van der Waals surface area contributed by atoms with Crippen molar-refractivity contribution in [2.45, 2.75) is 110 Å². The summed E-state index contributed by atoms with van der Waals surface area (Å²) in [5, 5.41) is 2.84. The number of nitrogens with zero attached hydrogens (tertiary/aromatic N) is 3.